The third-order valence-corrected chi connectivity index (χ3v) is 7.95. The lowest BCUT2D eigenvalue weighted by Gasteiger charge is -2.26. The zero-order valence-corrected chi connectivity index (χ0v) is 18.7. The Labute approximate surface area is 192 Å². The number of ether oxygens (including phenoxy) is 1. The number of sulfonamides is 1. The highest BCUT2D eigenvalue weighted by atomic mass is 32.2. The minimum absolute atomic E-state index is 0.00667. The molecule has 170 valence electrons. The largest absolute Gasteiger partial charge is 0.378 e. The summed E-state index contributed by atoms with van der Waals surface area (Å²) in [5, 5.41) is 0. The van der Waals surface area contributed by atoms with Gasteiger partial charge in [0.2, 0.25) is 0 Å². The van der Waals surface area contributed by atoms with Crippen molar-refractivity contribution >= 4 is 21.6 Å². The molecule has 0 bridgehead atoms. The molecule has 1 fully saturated rings. The fourth-order valence-corrected chi connectivity index (χ4v) is 5.90. The van der Waals surface area contributed by atoms with E-state index in [1.54, 1.807) is 11.0 Å². The third-order valence-electron chi connectivity index (χ3n) is 6.10. The quantitative estimate of drug-likeness (QED) is 0.588. The molecule has 1 amide bonds. The smallest absolute Gasteiger partial charge is 0.267 e. The van der Waals surface area contributed by atoms with Gasteiger partial charge in [0, 0.05) is 25.2 Å². The van der Waals surface area contributed by atoms with Gasteiger partial charge in [0.15, 0.2) is 0 Å². The monoisotopic (exact) mass is 466 g/mol. The van der Waals surface area contributed by atoms with E-state index in [1.165, 1.54) is 22.5 Å². The highest BCUT2D eigenvalue weighted by Crippen LogP contribution is 2.36. The van der Waals surface area contributed by atoms with Crippen molar-refractivity contribution in [2.24, 2.45) is 0 Å². The Balaban J connectivity index is 1.38. The number of hydrogen-bond acceptors (Lipinski definition) is 4. The summed E-state index contributed by atoms with van der Waals surface area (Å²) in [6, 6.07) is 18.4. The van der Waals surface area contributed by atoms with Gasteiger partial charge >= 0.3 is 0 Å². The molecule has 0 unspecified atom stereocenters. The number of morpholine rings is 1. The molecule has 1 saturated heterocycles. The minimum Gasteiger partial charge on any atom is -0.378 e. The topological polar surface area (TPSA) is 66.9 Å². The van der Waals surface area contributed by atoms with E-state index in [2.05, 4.69) is 0 Å². The maximum atomic E-state index is 14.2. The molecule has 8 heteroatoms. The number of anilines is 1. The van der Waals surface area contributed by atoms with Crippen LogP contribution in [0.15, 0.2) is 71.6 Å². The standard InChI is InChI=1S/C25H23FN2O4S/c26-22-3-1-2-4-24(22)33(30,31)28-12-11-21-17-20(9-10-23(21)28)18-5-7-19(8-6-18)25(29)27-13-15-32-16-14-27/h1-10,17H,11-16H2. The summed E-state index contributed by atoms with van der Waals surface area (Å²) in [7, 11) is -3.98. The van der Waals surface area contributed by atoms with Crippen LogP contribution in [0.3, 0.4) is 0 Å². The van der Waals surface area contributed by atoms with Crippen LogP contribution in [-0.2, 0) is 21.2 Å². The fourth-order valence-electron chi connectivity index (χ4n) is 4.33. The van der Waals surface area contributed by atoms with Gasteiger partial charge in [-0.15, -0.1) is 0 Å². The molecular weight excluding hydrogens is 443 g/mol. The molecule has 2 heterocycles. The van der Waals surface area contributed by atoms with Gasteiger partial charge in [-0.1, -0.05) is 30.3 Å². The van der Waals surface area contributed by atoms with Gasteiger partial charge < -0.3 is 9.64 Å². The number of halogens is 1. The van der Waals surface area contributed by atoms with Crippen LogP contribution in [0.1, 0.15) is 15.9 Å². The van der Waals surface area contributed by atoms with E-state index < -0.39 is 15.8 Å². The first kappa shape index (κ1) is 21.6. The van der Waals surface area contributed by atoms with Crippen LogP contribution in [-0.4, -0.2) is 52.1 Å². The minimum atomic E-state index is -3.98. The highest BCUT2D eigenvalue weighted by Gasteiger charge is 2.32. The lowest BCUT2D eigenvalue weighted by Crippen LogP contribution is -2.40. The number of fused-ring (bicyclic) bond motifs is 1. The van der Waals surface area contributed by atoms with E-state index in [4.69, 9.17) is 4.74 Å². The molecule has 0 spiro atoms. The molecule has 0 N–H and O–H groups in total. The molecule has 0 aromatic heterocycles. The number of nitrogens with zero attached hydrogens (tertiary/aromatic N) is 2. The normalized spacial score (nSPS) is 16.0. The maximum Gasteiger partial charge on any atom is 0.267 e. The van der Waals surface area contributed by atoms with E-state index in [0.29, 0.717) is 44.0 Å². The number of amides is 1. The van der Waals surface area contributed by atoms with Crippen molar-refractivity contribution in [1.82, 2.24) is 4.90 Å². The summed E-state index contributed by atoms with van der Waals surface area (Å²) in [4.78, 5) is 14.1. The first-order valence-electron chi connectivity index (χ1n) is 10.8. The van der Waals surface area contributed by atoms with Gasteiger partial charge in [-0.3, -0.25) is 9.10 Å². The van der Waals surface area contributed by atoms with Crippen LogP contribution >= 0.6 is 0 Å². The Morgan fingerprint density at radius 1 is 0.879 bits per heavy atom. The van der Waals surface area contributed by atoms with E-state index in [0.717, 1.165) is 22.8 Å². The van der Waals surface area contributed by atoms with E-state index in [9.17, 15) is 17.6 Å². The van der Waals surface area contributed by atoms with Gasteiger partial charge in [-0.05, 0) is 59.5 Å². The van der Waals surface area contributed by atoms with Crippen molar-refractivity contribution in [1.29, 1.82) is 0 Å². The number of benzene rings is 3. The van der Waals surface area contributed by atoms with Crippen molar-refractivity contribution in [3.8, 4) is 11.1 Å². The SMILES string of the molecule is O=C(c1ccc(-c2ccc3c(c2)CCN3S(=O)(=O)c2ccccc2F)cc1)N1CCOCC1. The maximum absolute atomic E-state index is 14.2. The Hall–Kier alpha value is -3.23. The Bertz CT molecular complexity index is 1300. The summed E-state index contributed by atoms with van der Waals surface area (Å²) >= 11 is 0. The number of carbonyl (C=O) groups is 1. The van der Waals surface area contributed by atoms with Gasteiger partial charge in [0.25, 0.3) is 15.9 Å². The highest BCUT2D eigenvalue weighted by molar-refractivity contribution is 7.92. The molecule has 6 nitrogen and oxygen atoms in total. The van der Waals surface area contributed by atoms with Crippen LogP contribution in [0.5, 0.6) is 0 Å². The molecule has 2 aliphatic rings. The summed E-state index contributed by atoms with van der Waals surface area (Å²) in [6.45, 7) is 2.57. The van der Waals surface area contributed by atoms with Crippen molar-refractivity contribution in [2.45, 2.75) is 11.3 Å². The molecule has 3 aromatic carbocycles. The van der Waals surface area contributed by atoms with Crippen molar-refractivity contribution in [3.63, 3.8) is 0 Å². The lowest BCUT2D eigenvalue weighted by molar-refractivity contribution is 0.0303. The van der Waals surface area contributed by atoms with Gasteiger partial charge in [-0.2, -0.15) is 0 Å². The summed E-state index contributed by atoms with van der Waals surface area (Å²) in [5.41, 5.74) is 3.96. The summed E-state index contributed by atoms with van der Waals surface area (Å²) < 4.78 is 46.8. The fraction of sp³-hybridized carbons (Fsp3) is 0.240. The van der Waals surface area contributed by atoms with Crippen LogP contribution in [0.4, 0.5) is 10.1 Å². The molecule has 33 heavy (non-hydrogen) atoms. The lowest BCUT2D eigenvalue weighted by atomic mass is 10.0. The molecule has 5 rings (SSSR count). The second-order valence-corrected chi connectivity index (χ2v) is 9.91. The van der Waals surface area contributed by atoms with E-state index >= 15 is 0 Å². The molecule has 0 saturated carbocycles. The molecule has 0 radical (unpaired) electrons. The van der Waals surface area contributed by atoms with Crippen molar-refractivity contribution in [2.75, 3.05) is 37.2 Å². The van der Waals surface area contributed by atoms with Crippen molar-refractivity contribution in [3.05, 3.63) is 83.7 Å². The average Bonchev–Trinajstić information content (AvgIpc) is 3.29. The third kappa shape index (κ3) is 4.00. The molecule has 3 aromatic rings. The zero-order valence-electron chi connectivity index (χ0n) is 17.9. The van der Waals surface area contributed by atoms with Crippen molar-refractivity contribution < 1.29 is 22.3 Å². The predicted octanol–water partition coefficient (Wildman–Crippen LogP) is 3.72. The first-order valence-corrected chi connectivity index (χ1v) is 12.3. The predicted molar refractivity (Wildman–Crippen MR) is 123 cm³/mol. The molecule has 2 aliphatic heterocycles. The number of hydrogen-bond donors (Lipinski definition) is 0. The Morgan fingerprint density at radius 2 is 1.58 bits per heavy atom. The zero-order chi connectivity index (χ0) is 23.0. The number of carbonyl (C=O) groups excluding carboxylic acids is 1. The van der Waals surface area contributed by atoms with E-state index in [-0.39, 0.29) is 17.3 Å². The average molecular weight is 467 g/mol. The van der Waals surface area contributed by atoms with E-state index in [1.807, 2.05) is 36.4 Å². The molecule has 0 aliphatic carbocycles. The van der Waals surface area contributed by atoms with Crippen LogP contribution in [0.25, 0.3) is 11.1 Å². The van der Waals surface area contributed by atoms with Crippen LogP contribution < -0.4 is 4.31 Å². The summed E-state index contributed by atoms with van der Waals surface area (Å²) in [6.07, 6.45) is 0.546. The van der Waals surface area contributed by atoms with Crippen LogP contribution in [0, 0.1) is 5.82 Å². The second-order valence-electron chi connectivity index (χ2n) is 8.08. The summed E-state index contributed by atoms with van der Waals surface area (Å²) in [5.74, 6) is -0.762. The Morgan fingerprint density at radius 3 is 2.30 bits per heavy atom. The van der Waals surface area contributed by atoms with Gasteiger partial charge in [-0.25, -0.2) is 12.8 Å². The Kier molecular flexibility index (Phi) is 5.64. The second kappa shape index (κ2) is 8.61. The van der Waals surface area contributed by atoms with Crippen LogP contribution in [0.2, 0.25) is 0 Å². The van der Waals surface area contributed by atoms with Gasteiger partial charge in [0.05, 0.1) is 18.9 Å². The van der Waals surface area contributed by atoms with Gasteiger partial charge in [0.1, 0.15) is 10.7 Å². The molecule has 0 atom stereocenters. The first-order chi connectivity index (χ1) is 15.9. The number of rotatable bonds is 4. The molecular formula is C25H23FN2O4S.